The maximum Gasteiger partial charge on any atom is 0.218 e. The highest BCUT2D eigenvalue weighted by molar-refractivity contribution is 6.82. The summed E-state index contributed by atoms with van der Waals surface area (Å²) < 4.78 is 15.3. The van der Waals surface area contributed by atoms with Crippen molar-refractivity contribution in [2.45, 2.75) is 123 Å². The second-order valence-electron chi connectivity index (χ2n) is 12.9. The molecule has 1 aliphatic rings. The van der Waals surface area contributed by atoms with Gasteiger partial charge in [-0.05, 0) is 29.6 Å². The number of aromatic nitrogens is 3. The van der Waals surface area contributed by atoms with E-state index < -0.39 is 16.6 Å². The van der Waals surface area contributed by atoms with E-state index in [1.807, 2.05) is 10.8 Å². The maximum absolute atomic E-state index is 10.1. The first kappa shape index (κ1) is 28.6. The van der Waals surface area contributed by atoms with Gasteiger partial charge in [-0.2, -0.15) is 4.98 Å². The Morgan fingerprint density at radius 2 is 1.77 bits per heavy atom. The molecule has 0 aromatic carbocycles. The minimum atomic E-state index is -1.96. The summed E-state index contributed by atoms with van der Waals surface area (Å²) in [5, 5.41) is 11.3. The summed E-state index contributed by atoms with van der Waals surface area (Å²) in [5.74, 6) is 0.525. The van der Waals surface area contributed by atoms with Crippen LogP contribution in [-0.4, -0.2) is 48.4 Å². The normalized spacial score (nSPS) is 22.3. The number of rotatable bonds is 7. The molecule has 1 saturated heterocycles. The molecule has 7 nitrogen and oxygen atoms in total. The Bertz CT molecular complexity index is 1060. The molecule has 1 fully saturated rings. The van der Waals surface area contributed by atoms with Crippen molar-refractivity contribution in [1.29, 1.82) is 0 Å². The number of nitrogens with zero attached hydrogens (tertiary/aromatic N) is 3. The van der Waals surface area contributed by atoms with Crippen LogP contribution in [0.5, 0.6) is 0 Å². The summed E-state index contributed by atoms with van der Waals surface area (Å²) in [6.45, 7) is 24.6. The van der Waals surface area contributed by atoms with Crippen molar-refractivity contribution in [1.82, 2.24) is 14.5 Å². The van der Waals surface area contributed by atoms with E-state index in [-0.39, 0.29) is 35.1 Å². The molecular weight excluding hydrogens is 496 g/mol. The summed E-state index contributed by atoms with van der Waals surface area (Å²) in [5.41, 5.74) is 1.39. The fourth-order valence-electron chi connectivity index (χ4n) is 3.95. The number of hydrogen-bond donors (Lipinski definition) is 2. The number of nitrogens with one attached hydrogen (secondary N) is 1. The van der Waals surface area contributed by atoms with Crippen molar-refractivity contribution in [3.05, 3.63) is 16.9 Å². The number of ether oxygens (including phenoxy) is 1. The fourth-order valence-corrected chi connectivity index (χ4v) is 6.64. The smallest absolute Gasteiger partial charge is 0.218 e. The van der Waals surface area contributed by atoms with Crippen LogP contribution in [0, 0.1) is 0 Å². The van der Waals surface area contributed by atoms with Crippen LogP contribution in [0.1, 0.15) is 73.1 Å². The molecule has 2 aromatic rings. The standard InChI is InChI=1S/C25H45ClN4O3Si2/c1-12-17-18(33-35(10,11)25(5,6)7)13-19(32-17)30-14-16(15-31)20-21(26)27-23(28-22(20)30)29-34(8,9)24(2,3)4/h14,17-19,31H,12-13,15H2,1-11H3,(H,27,28,29)/t17-,18?,19-/m1/s1. The second-order valence-corrected chi connectivity index (χ2v) is 23.1. The van der Waals surface area contributed by atoms with Gasteiger partial charge >= 0.3 is 0 Å². The number of hydrogen-bond acceptors (Lipinski definition) is 6. The van der Waals surface area contributed by atoms with Gasteiger partial charge in [0.1, 0.15) is 17.0 Å². The molecule has 3 atom stereocenters. The lowest BCUT2D eigenvalue weighted by Gasteiger charge is -2.39. The summed E-state index contributed by atoms with van der Waals surface area (Å²) in [4.78, 5) is 13.1. The lowest BCUT2D eigenvalue weighted by molar-refractivity contribution is -0.0160. The van der Waals surface area contributed by atoms with Crippen molar-refractivity contribution in [3.63, 3.8) is 0 Å². The number of halogens is 1. The SMILES string of the molecule is CC[C@H]1O[C@@H](n2cc(CO)c3c(Cl)nc(N[Si](C)(C)C(C)(C)C)nc32)CC1O[Si](C)(C)C(C)(C)C. The third kappa shape index (κ3) is 5.65. The Hall–Kier alpha value is -0.976. The topological polar surface area (TPSA) is 81.4 Å². The molecule has 3 rings (SSSR count). The average molecular weight is 541 g/mol. The fraction of sp³-hybridized carbons (Fsp3) is 0.760. The molecule has 0 saturated carbocycles. The summed E-state index contributed by atoms with van der Waals surface area (Å²) in [6, 6.07) is 0. The molecular formula is C25H45ClN4O3Si2. The zero-order chi connectivity index (χ0) is 26.6. The molecule has 35 heavy (non-hydrogen) atoms. The van der Waals surface area contributed by atoms with E-state index in [4.69, 9.17) is 25.7 Å². The number of aliphatic hydroxyl groups excluding tert-OH is 1. The Balaban J connectivity index is 2.01. The predicted molar refractivity (Wildman–Crippen MR) is 150 cm³/mol. The van der Waals surface area contributed by atoms with E-state index in [0.29, 0.717) is 27.7 Å². The minimum absolute atomic E-state index is 0.00582. The third-order valence-corrected chi connectivity index (χ3v) is 17.7. The van der Waals surface area contributed by atoms with Crippen LogP contribution < -0.4 is 4.98 Å². The number of anilines is 1. The Kier molecular flexibility index (Phi) is 7.94. The molecule has 0 bridgehead atoms. The van der Waals surface area contributed by atoms with Gasteiger partial charge in [-0.15, -0.1) is 0 Å². The highest BCUT2D eigenvalue weighted by Gasteiger charge is 2.45. The van der Waals surface area contributed by atoms with Gasteiger partial charge in [0.15, 0.2) is 16.6 Å². The molecule has 2 aromatic heterocycles. The molecule has 0 spiro atoms. The van der Waals surface area contributed by atoms with Crippen LogP contribution in [-0.2, 0) is 15.8 Å². The highest BCUT2D eigenvalue weighted by atomic mass is 35.5. The molecule has 1 unspecified atom stereocenters. The zero-order valence-corrected chi connectivity index (χ0v) is 26.2. The number of fused-ring (bicyclic) bond motifs is 1. The third-order valence-electron chi connectivity index (χ3n) is 8.32. The molecule has 2 N–H and O–H groups in total. The van der Waals surface area contributed by atoms with Gasteiger partial charge in [0.25, 0.3) is 0 Å². The van der Waals surface area contributed by atoms with Gasteiger partial charge in [-0.3, -0.25) is 0 Å². The molecule has 0 aliphatic carbocycles. The van der Waals surface area contributed by atoms with Crippen LogP contribution in [0.2, 0.25) is 41.4 Å². The minimum Gasteiger partial charge on any atom is -0.411 e. The lowest BCUT2D eigenvalue weighted by Crippen LogP contribution is -2.46. The van der Waals surface area contributed by atoms with Crippen molar-refractivity contribution in [3.8, 4) is 0 Å². The molecule has 3 heterocycles. The average Bonchev–Trinajstić information content (AvgIpc) is 3.26. The Morgan fingerprint density at radius 1 is 1.14 bits per heavy atom. The summed E-state index contributed by atoms with van der Waals surface area (Å²) in [6.07, 6.45) is 3.29. The first-order valence-electron chi connectivity index (χ1n) is 12.7. The first-order chi connectivity index (χ1) is 15.9. The Labute approximate surface area is 218 Å². The van der Waals surface area contributed by atoms with Crippen molar-refractivity contribution in [2.24, 2.45) is 0 Å². The second kappa shape index (κ2) is 9.72. The Morgan fingerprint density at radius 3 is 2.29 bits per heavy atom. The molecule has 198 valence electrons. The van der Waals surface area contributed by atoms with Crippen LogP contribution in [0.15, 0.2) is 6.20 Å². The van der Waals surface area contributed by atoms with Gasteiger partial charge in [-0.25, -0.2) is 4.98 Å². The molecule has 1 aliphatic heterocycles. The van der Waals surface area contributed by atoms with Crippen LogP contribution >= 0.6 is 11.6 Å². The van der Waals surface area contributed by atoms with Gasteiger partial charge in [0, 0.05) is 18.2 Å². The predicted octanol–water partition coefficient (Wildman–Crippen LogP) is 7.08. The van der Waals surface area contributed by atoms with Crippen molar-refractivity contribution < 1.29 is 14.3 Å². The lowest BCUT2D eigenvalue weighted by atomic mass is 10.1. The maximum atomic E-state index is 10.1. The van der Waals surface area contributed by atoms with E-state index in [1.54, 1.807) is 0 Å². The van der Waals surface area contributed by atoms with Crippen molar-refractivity contribution in [2.75, 3.05) is 4.98 Å². The van der Waals surface area contributed by atoms with Crippen LogP contribution in [0.3, 0.4) is 0 Å². The largest absolute Gasteiger partial charge is 0.411 e. The van der Waals surface area contributed by atoms with E-state index in [0.717, 1.165) is 12.8 Å². The quantitative estimate of drug-likeness (QED) is 0.288. The molecule has 0 radical (unpaired) electrons. The first-order valence-corrected chi connectivity index (χ1v) is 19.0. The highest BCUT2D eigenvalue weighted by Crippen LogP contribution is 2.43. The van der Waals surface area contributed by atoms with E-state index in [2.05, 4.69) is 84.6 Å². The number of aliphatic hydroxyl groups is 1. The summed E-state index contributed by atoms with van der Waals surface area (Å²) in [7, 11) is -3.88. The van der Waals surface area contributed by atoms with Crippen LogP contribution in [0.4, 0.5) is 5.95 Å². The van der Waals surface area contributed by atoms with Gasteiger partial charge in [0.05, 0.1) is 24.2 Å². The zero-order valence-electron chi connectivity index (χ0n) is 23.4. The van der Waals surface area contributed by atoms with Crippen molar-refractivity contribution >= 4 is 45.1 Å². The molecule has 0 amide bonds. The van der Waals surface area contributed by atoms with Gasteiger partial charge in [0.2, 0.25) is 5.95 Å². The van der Waals surface area contributed by atoms with E-state index in [1.165, 1.54) is 0 Å². The summed E-state index contributed by atoms with van der Waals surface area (Å²) >= 11 is 6.67. The molecule has 10 heteroatoms. The van der Waals surface area contributed by atoms with E-state index >= 15 is 0 Å². The van der Waals surface area contributed by atoms with Gasteiger partial charge in [-0.1, -0.05) is 73.2 Å². The van der Waals surface area contributed by atoms with Gasteiger partial charge < -0.3 is 23.8 Å². The van der Waals surface area contributed by atoms with Crippen LogP contribution in [0.25, 0.3) is 11.0 Å². The monoisotopic (exact) mass is 540 g/mol. The van der Waals surface area contributed by atoms with E-state index in [9.17, 15) is 5.11 Å².